The molecule has 0 radical (unpaired) electrons. The van der Waals surface area contributed by atoms with E-state index in [2.05, 4.69) is 69.3 Å². The molecule has 1 nitrogen and oxygen atoms in total. The van der Waals surface area contributed by atoms with E-state index in [0.717, 1.165) is 18.6 Å². The van der Waals surface area contributed by atoms with Crippen LogP contribution in [0.4, 0.5) is 0 Å². The maximum absolute atomic E-state index is 5.46. The molecule has 2 aromatic rings. The van der Waals surface area contributed by atoms with E-state index in [0.29, 0.717) is 0 Å². The maximum Gasteiger partial charge on any atom is 0.122 e. The molecular formula is C23H26O. The quantitative estimate of drug-likeness (QED) is 0.662. The zero-order valence-electron chi connectivity index (χ0n) is 15.1. The molecule has 0 N–H and O–H groups in total. The fourth-order valence-corrected chi connectivity index (χ4v) is 3.82. The molecule has 0 bridgehead atoms. The van der Waals surface area contributed by atoms with E-state index in [4.69, 9.17) is 4.74 Å². The Labute approximate surface area is 145 Å². The molecule has 0 atom stereocenters. The van der Waals surface area contributed by atoms with Gasteiger partial charge in [-0.05, 0) is 46.7 Å². The highest BCUT2D eigenvalue weighted by molar-refractivity contribution is 5.82. The fourth-order valence-electron chi connectivity index (χ4n) is 3.82. The Balaban J connectivity index is 1.91. The van der Waals surface area contributed by atoms with Crippen molar-refractivity contribution in [1.29, 1.82) is 0 Å². The van der Waals surface area contributed by atoms with Crippen LogP contribution in [0, 0.1) is 0 Å². The lowest BCUT2D eigenvalue weighted by molar-refractivity contribution is 0.410. The minimum Gasteiger partial charge on any atom is -0.496 e. The molecule has 0 spiro atoms. The van der Waals surface area contributed by atoms with Crippen LogP contribution in [0.15, 0.2) is 66.3 Å². The van der Waals surface area contributed by atoms with Gasteiger partial charge >= 0.3 is 0 Å². The lowest BCUT2D eigenvalue weighted by atomic mass is 9.81. The number of ether oxygens (including phenoxy) is 1. The highest BCUT2D eigenvalue weighted by Crippen LogP contribution is 2.47. The van der Waals surface area contributed by atoms with E-state index in [-0.39, 0.29) is 5.41 Å². The molecule has 24 heavy (non-hydrogen) atoms. The SMILES string of the molecule is CCC1=C(/C=C\Cc2ccccc2OC)C(C)(C)c2ccccc21. The summed E-state index contributed by atoms with van der Waals surface area (Å²) in [5.41, 5.74) is 7.08. The highest BCUT2D eigenvalue weighted by Gasteiger charge is 2.35. The van der Waals surface area contributed by atoms with Crippen LogP contribution in [0.1, 0.15) is 43.9 Å². The Morgan fingerprint density at radius 2 is 1.71 bits per heavy atom. The van der Waals surface area contributed by atoms with Crippen LogP contribution in [-0.2, 0) is 11.8 Å². The molecule has 0 unspecified atom stereocenters. The van der Waals surface area contributed by atoms with Crippen LogP contribution >= 0.6 is 0 Å². The topological polar surface area (TPSA) is 9.23 Å². The number of hydrogen-bond acceptors (Lipinski definition) is 1. The molecule has 1 aliphatic rings. The molecule has 1 heteroatoms. The first-order valence-electron chi connectivity index (χ1n) is 8.71. The van der Waals surface area contributed by atoms with Crippen molar-refractivity contribution in [2.45, 2.75) is 39.0 Å². The first kappa shape index (κ1) is 16.6. The molecule has 0 amide bonds. The van der Waals surface area contributed by atoms with Gasteiger partial charge in [0.1, 0.15) is 5.75 Å². The Kier molecular flexibility index (Phi) is 4.62. The maximum atomic E-state index is 5.46. The molecule has 0 fully saturated rings. The second kappa shape index (κ2) is 6.68. The van der Waals surface area contributed by atoms with Gasteiger partial charge in [0.2, 0.25) is 0 Å². The third kappa shape index (κ3) is 2.80. The average Bonchev–Trinajstić information content (AvgIpc) is 2.82. The van der Waals surface area contributed by atoms with Gasteiger partial charge in [0.25, 0.3) is 0 Å². The van der Waals surface area contributed by atoms with Crippen molar-refractivity contribution in [3.8, 4) is 5.75 Å². The number of benzene rings is 2. The number of methoxy groups -OCH3 is 1. The summed E-state index contributed by atoms with van der Waals surface area (Å²) in [4.78, 5) is 0. The third-order valence-electron chi connectivity index (χ3n) is 5.09. The van der Waals surface area contributed by atoms with Crippen molar-refractivity contribution < 1.29 is 4.74 Å². The smallest absolute Gasteiger partial charge is 0.122 e. The predicted octanol–water partition coefficient (Wildman–Crippen LogP) is 5.95. The summed E-state index contributed by atoms with van der Waals surface area (Å²) in [5, 5.41) is 0. The van der Waals surface area contributed by atoms with E-state index in [1.807, 2.05) is 12.1 Å². The van der Waals surface area contributed by atoms with E-state index >= 15 is 0 Å². The van der Waals surface area contributed by atoms with Crippen LogP contribution in [0.3, 0.4) is 0 Å². The van der Waals surface area contributed by atoms with Gasteiger partial charge in [-0.25, -0.2) is 0 Å². The van der Waals surface area contributed by atoms with Gasteiger partial charge in [-0.3, -0.25) is 0 Å². The molecule has 3 rings (SSSR count). The van der Waals surface area contributed by atoms with Crippen LogP contribution in [0.25, 0.3) is 5.57 Å². The van der Waals surface area contributed by atoms with Crippen molar-refractivity contribution >= 4 is 5.57 Å². The number of hydrogen-bond donors (Lipinski definition) is 0. The Morgan fingerprint density at radius 3 is 2.46 bits per heavy atom. The fraction of sp³-hybridized carbons (Fsp3) is 0.304. The second-order valence-corrected chi connectivity index (χ2v) is 6.83. The Hall–Kier alpha value is -2.28. The summed E-state index contributed by atoms with van der Waals surface area (Å²) >= 11 is 0. The molecule has 0 aliphatic heterocycles. The summed E-state index contributed by atoms with van der Waals surface area (Å²) < 4.78 is 5.46. The van der Waals surface area contributed by atoms with E-state index < -0.39 is 0 Å². The van der Waals surface area contributed by atoms with Crippen molar-refractivity contribution in [3.05, 3.63) is 82.9 Å². The first-order chi connectivity index (χ1) is 11.6. The summed E-state index contributed by atoms with van der Waals surface area (Å²) in [5.74, 6) is 0.959. The molecule has 1 aliphatic carbocycles. The molecule has 2 aromatic carbocycles. The summed E-state index contributed by atoms with van der Waals surface area (Å²) in [7, 11) is 1.73. The molecule has 0 aromatic heterocycles. The zero-order chi connectivity index (χ0) is 17.2. The molecule has 0 saturated heterocycles. The third-order valence-corrected chi connectivity index (χ3v) is 5.09. The van der Waals surface area contributed by atoms with Gasteiger partial charge in [0.15, 0.2) is 0 Å². The van der Waals surface area contributed by atoms with E-state index in [1.54, 1.807) is 7.11 Å². The minimum absolute atomic E-state index is 0.0687. The van der Waals surface area contributed by atoms with E-state index in [9.17, 15) is 0 Å². The van der Waals surface area contributed by atoms with Gasteiger partial charge in [-0.2, -0.15) is 0 Å². The Bertz CT molecular complexity index is 793. The normalized spacial score (nSPS) is 15.8. The average molecular weight is 318 g/mol. The number of fused-ring (bicyclic) bond motifs is 1. The molecule has 0 saturated carbocycles. The summed E-state index contributed by atoms with van der Waals surface area (Å²) in [6.45, 7) is 6.91. The van der Waals surface area contributed by atoms with Crippen molar-refractivity contribution in [2.24, 2.45) is 0 Å². The minimum atomic E-state index is 0.0687. The second-order valence-electron chi connectivity index (χ2n) is 6.83. The van der Waals surface area contributed by atoms with Crippen molar-refractivity contribution in [3.63, 3.8) is 0 Å². The van der Waals surface area contributed by atoms with Gasteiger partial charge in [0.05, 0.1) is 7.11 Å². The van der Waals surface area contributed by atoms with Gasteiger partial charge in [-0.1, -0.05) is 75.4 Å². The molecule has 124 valence electrons. The lowest BCUT2D eigenvalue weighted by Crippen LogP contribution is -2.16. The van der Waals surface area contributed by atoms with Crippen LogP contribution in [0.5, 0.6) is 5.75 Å². The number of allylic oxidation sites excluding steroid dienone is 4. The standard InChI is InChI=1S/C23H26O/c1-5-18-19-13-7-8-14-21(19)23(2,3)20(18)15-10-12-17-11-6-9-16-22(17)24-4/h6-11,13-16H,5,12H2,1-4H3/b15-10-. The van der Waals surface area contributed by atoms with Gasteiger partial charge < -0.3 is 4.74 Å². The van der Waals surface area contributed by atoms with Gasteiger partial charge in [-0.15, -0.1) is 0 Å². The Morgan fingerprint density at radius 1 is 1.00 bits per heavy atom. The monoisotopic (exact) mass is 318 g/mol. The molecular weight excluding hydrogens is 292 g/mol. The number of rotatable bonds is 5. The first-order valence-corrected chi connectivity index (χ1v) is 8.71. The summed E-state index contributed by atoms with van der Waals surface area (Å²) in [6, 6.07) is 17.1. The zero-order valence-corrected chi connectivity index (χ0v) is 15.1. The van der Waals surface area contributed by atoms with Crippen LogP contribution < -0.4 is 4.74 Å². The largest absolute Gasteiger partial charge is 0.496 e. The van der Waals surface area contributed by atoms with Crippen molar-refractivity contribution in [1.82, 2.24) is 0 Å². The molecule has 0 heterocycles. The van der Waals surface area contributed by atoms with Crippen molar-refractivity contribution in [2.75, 3.05) is 7.11 Å². The number of para-hydroxylation sites is 1. The van der Waals surface area contributed by atoms with Crippen LogP contribution in [0.2, 0.25) is 0 Å². The lowest BCUT2D eigenvalue weighted by Gasteiger charge is -2.23. The summed E-state index contributed by atoms with van der Waals surface area (Å²) in [6.07, 6.45) is 6.55. The predicted molar refractivity (Wildman–Crippen MR) is 103 cm³/mol. The van der Waals surface area contributed by atoms with Crippen LogP contribution in [-0.4, -0.2) is 7.11 Å². The van der Waals surface area contributed by atoms with E-state index in [1.165, 1.54) is 27.8 Å². The highest BCUT2D eigenvalue weighted by atomic mass is 16.5. The van der Waals surface area contributed by atoms with Gasteiger partial charge in [0, 0.05) is 5.41 Å².